The van der Waals surface area contributed by atoms with Crippen molar-refractivity contribution >= 4 is 22.0 Å². The monoisotopic (exact) mass is 209 g/mol. The van der Waals surface area contributed by atoms with Crippen LogP contribution < -0.4 is 10.6 Å². The molecule has 1 rings (SSSR count). The minimum atomic E-state index is 0.593. The molecule has 0 saturated heterocycles. The Hall–Kier alpha value is -1.21. The molecule has 1 aromatic rings. The van der Waals surface area contributed by atoms with E-state index in [0.717, 1.165) is 18.0 Å². The highest BCUT2D eigenvalue weighted by Crippen LogP contribution is 2.30. The van der Waals surface area contributed by atoms with Crippen molar-refractivity contribution in [2.24, 2.45) is 0 Å². The number of rotatable bonds is 4. The molecular weight excluding hydrogens is 194 g/mol. The third-order valence-electron chi connectivity index (χ3n) is 2.07. The standard InChI is InChI=1S/C10H15N3S/c1-3-4-5-13(2)10-6-8(12)9(7-11)14-10/h6H,3-5,12H2,1-2H3. The number of nitrogens with two attached hydrogens (primary N) is 1. The Morgan fingerprint density at radius 1 is 1.64 bits per heavy atom. The third kappa shape index (κ3) is 2.39. The lowest BCUT2D eigenvalue weighted by atomic mass is 10.3. The molecule has 0 aliphatic heterocycles. The van der Waals surface area contributed by atoms with Gasteiger partial charge in [0.1, 0.15) is 10.9 Å². The van der Waals surface area contributed by atoms with Crippen LogP contribution in [0.4, 0.5) is 10.7 Å². The predicted molar refractivity (Wildman–Crippen MR) is 61.6 cm³/mol. The summed E-state index contributed by atoms with van der Waals surface area (Å²) in [5, 5.41) is 9.83. The van der Waals surface area contributed by atoms with Crippen LogP contribution >= 0.6 is 11.3 Å². The van der Waals surface area contributed by atoms with Gasteiger partial charge in [-0.25, -0.2) is 0 Å². The molecule has 0 amide bonds. The second-order valence-corrected chi connectivity index (χ2v) is 4.29. The van der Waals surface area contributed by atoms with Crippen LogP contribution in [0.3, 0.4) is 0 Å². The Morgan fingerprint density at radius 2 is 2.36 bits per heavy atom. The van der Waals surface area contributed by atoms with E-state index in [0.29, 0.717) is 10.6 Å². The Kier molecular flexibility index (Phi) is 3.78. The first-order valence-corrected chi connectivity index (χ1v) is 5.51. The summed E-state index contributed by atoms with van der Waals surface area (Å²) in [5.74, 6) is 0. The molecule has 0 aliphatic rings. The van der Waals surface area contributed by atoms with Crippen molar-refractivity contribution in [2.45, 2.75) is 19.8 Å². The van der Waals surface area contributed by atoms with Gasteiger partial charge in [-0.05, 0) is 12.5 Å². The van der Waals surface area contributed by atoms with Crippen molar-refractivity contribution in [3.8, 4) is 6.07 Å². The minimum Gasteiger partial charge on any atom is -0.397 e. The quantitative estimate of drug-likeness (QED) is 0.828. The number of thiophene rings is 1. The molecule has 0 unspecified atom stereocenters. The molecule has 0 bridgehead atoms. The molecule has 2 N–H and O–H groups in total. The van der Waals surface area contributed by atoms with Crippen LogP contribution in [0.25, 0.3) is 0 Å². The van der Waals surface area contributed by atoms with Gasteiger partial charge < -0.3 is 10.6 Å². The molecule has 76 valence electrons. The largest absolute Gasteiger partial charge is 0.397 e. The lowest BCUT2D eigenvalue weighted by Gasteiger charge is -2.15. The minimum absolute atomic E-state index is 0.593. The van der Waals surface area contributed by atoms with Crippen LogP contribution in [0, 0.1) is 11.3 Å². The second-order valence-electron chi connectivity index (χ2n) is 3.26. The zero-order valence-electron chi connectivity index (χ0n) is 8.58. The first kappa shape index (κ1) is 10.9. The van der Waals surface area contributed by atoms with Gasteiger partial charge in [0, 0.05) is 13.6 Å². The number of hydrogen-bond donors (Lipinski definition) is 1. The predicted octanol–water partition coefficient (Wildman–Crippen LogP) is 2.44. The molecule has 0 radical (unpaired) electrons. The van der Waals surface area contributed by atoms with Crippen molar-refractivity contribution in [1.29, 1.82) is 5.26 Å². The number of nitrogen functional groups attached to an aromatic ring is 1. The number of nitrogens with zero attached hydrogens (tertiary/aromatic N) is 2. The molecule has 14 heavy (non-hydrogen) atoms. The van der Waals surface area contributed by atoms with Gasteiger partial charge in [0.15, 0.2) is 0 Å². The molecular formula is C10H15N3S. The number of anilines is 2. The molecule has 0 aliphatic carbocycles. The maximum absolute atomic E-state index is 8.75. The van der Waals surface area contributed by atoms with Crippen molar-refractivity contribution < 1.29 is 0 Å². The average molecular weight is 209 g/mol. The van der Waals surface area contributed by atoms with E-state index in [1.807, 2.05) is 13.1 Å². The van der Waals surface area contributed by atoms with Gasteiger partial charge >= 0.3 is 0 Å². The van der Waals surface area contributed by atoms with Gasteiger partial charge in [0.05, 0.1) is 10.7 Å². The van der Waals surface area contributed by atoms with E-state index in [4.69, 9.17) is 11.0 Å². The van der Waals surface area contributed by atoms with E-state index in [9.17, 15) is 0 Å². The highest BCUT2D eigenvalue weighted by molar-refractivity contribution is 7.17. The van der Waals surface area contributed by atoms with E-state index < -0.39 is 0 Å². The van der Waals surface area contributed by atoms with Crippen molar-refractivity contribution in [1.82, 2.24) is 0 Å². The molecule has 3 nitrogen and oxygen atoms in total. The molecule has 0 spiro atoms. The zero-order chi connectivity index (χ0) is 10.6. The number of nitriles is 1. The van der Waals surface area contributed by atoms with Gasteiger partial charge in [-0.2, -0.15) is 5.26 Å². The van der Waals surface area contributed by atoms with Gasteiger partial charge in [-0.1, -0.05) is 13.3 Å². The van der Waals surface area contributed by atoms with E-state index in [2.05, 4.69) is 17.9 Å². The van der Waals surface area contributed by atoms with Crippen LogP contribution in [0.2, 0.25) is 0 Å². The first-order chi connectivity index (χ1) is 6.69. The van der Waals surface area contributed by atoms with E-state index in [-0.39, 0.29) is 0 Å². The fourth-order valence-electron chi connectivity index (χ4n) is 1.17. The Morgan fingerprint density at radius 3 is 2.86 bits per heavy atom. The Bertz CT molecular complexity index is 338. The van der Waals surface area contributed by atoms with Crippen molar-refractivity contribution in [3.05, 3.63) is 10.9 Å². The van der Waals surface area contributed by atoms with Gasteiger partial charge in [-0.3, -0.25) is 0 Å². The lowest BCUT2D eigenvalue weighted by molar-refractivity contribution is 0.770. The van der Waals surface area contributed by atoms with E-state index in [1.165, 1.54) is 17.8 Å². The molecule has 1 heterocycles. The van der Waals surface area contributed by atoms with Crippen LogP contribution in [0.1, 0.15) is 24.6 Å². The van der Waals surface area contributed by atoms with Crippen LogP contribution in [-0.4, -0.2) is 13.6 Å². The lowest BCUT2D eigenvalue weighted by Crippen LogP contribution is -2.16. The SMILES string of the molecule is CCCCN(C)c1cc(N)c(C#N)s1. The molecule has 0 fully saturated rings. The molecule has 4 heteroatoms. The first-order valence-electron chi connectivity index (χ1n) is 4.69. The molecule has 0 atom stereocenters. The van der Waals surface area contributed by atoms with Crippen molar-refractivity contribution in [2.75, 3.05) is 24.2 Å². The summed E-state index contributed by atoms with van der Waals surface area (Å²) in [4.78, 5) is 2.76. The summed E-state index contributed by atoms with van der Waals surface area (Å²) in [6.07, 6.45) is 2.34. The topological polar surface area (TPSA) is 53.0 Å². The Balaban J connectivity index is 2.71. The highest BCUT2D eigenvalue weighted by atomic mass is 32.1. The maximum Gasteiger partial charge on any atom is 0.129 e. The van der Waals surface area contributed by atoms with Gasteiger partial charge in [-0.15, -0.1) is 11.3 Å². The molecule has 0 aromatic carbocycles. The number of unbranched alkanes of at least 4 members (excludes halogenated alkanes) is 1. The summed E-state index contributed by atoms with van der Waals surface area (Å²) >= 11 is 1.46. The van der Waals surface area contributed by atoms with Crippen LogP contribution in [-0.2, 0) is 0 Å². The summed E-state index contributed by atoms with van der Waals surface area (Å²) in [6, 6.07) is 3.97. The van der Waals surface area contributed by atoms with Gasteiger partial charge in [0.2, 0.25) is 0 Å². The smallest absolute Gasteiger partial charge is 0.129 e. The number of hydrogen-bond acceptors (Lipinski definition) is 4. The highest BCUT2D eigenvalue weighted by Gasteiger charge is 2.08. The molecule has 1 aromatic heterocycles. The fourth-order valence-corrected chi connectivity index (χ4v) is 2.04. The van der Waals surface area contributed by atoms with Crippen LogP contribution in [0.15, 0.2) is 6.07 Å². The summed E-state index contributed by atoms with van der Waals surface area (Å²) in [7, 11) is 2.03. The second kappa shape index (κ2) is 4.87. The van der Waals surface area contributed by atoms with Crippen LogP contribution in [0.5, 0.6) is 0 Å². The summed E-state index contributed by atoms with van der Waals surface area (Å²) < 4.78 is 0. The normalized spacial score (nSPS) is 9.79. The third-order valence-corrected chi connectivity index (χ3v) is 3.24. The summed E-state index contributed by atoms with van der Waals surface area (Å²) in [6.45, 7) is 3.18. The summed E-state index contributed by atoms with van der Waals surface area (Å²) in [5.41, 5.74) is 6.27. The fraction of sp³-hybridized carbons (Fsp3) is 0.500. The van der Waals surface area contributed by atoms with Gasteiger partial charge in [0.25, 0.3) is 0 Å². The zero-order valence-corrected chi connectivity index (χ0v) is 9.40. The van der Waals surface area contributed by atoms with Crippen molar-refractivity contribution in [3.63, 3.8) is 0 Å². The van der Waals surface area contributed by atoms with E-state index in [1.54, 1.807) is 0 Å². The van der Waals surface area contributed by atoms with E-state index >= 15 is 0 Å². The average Bonchev–Trinajstić information content (AvgIpc) is 2.56. The molecule has 0 saturated carbocycles. The maximum atomic E-state index is 8.75. The Labute approximate surface area is 88.8 Å².